The Hall–Kier alpha value is -0.940. The zero-order valence-electron chi connectivity index (χ0n) is 11.3. The van der Waals surface area contributed by atoms with Gasteiger partial charge in [-0.2, -0.15) is 5.48 Å². The maximum atomic E-state index is 9.74. The highest BCUT2D eigenvalue weighted by atomic mass is 16.6. The molecule has 2 N–H and O–H groups in total. The van der Waals surface area contributed by atoms with Crippen LogP contribution >= 0.6 is 0 Å². The fraction of sp³-hybridized carbons (Fsp3) is 0.600. The summed E-state index contributed by atoms with van der Waals surface area (Å²) in [5.41, 5.74) is 3.88. The van der Waals surface area contributed by atoms with Crippen molar-refractivity contribution in [1.29, 1.82) is 0 Å². The molecule has 1 unspecified atom stereocenters. The summed E-state index contributed by atoms with van der Waals surface area (Å²) >= 11 is 0. The molecule has 1 aliphatic carbocycles. The maximum absolute atomic E-state index is 9.74. The van der Waals surface area contributed by atoms with Crippen LogP contribution in [-0.2, 0) is 16.2 Å². The van der Waals surface area contributed by atoms with E-state index < -0.39 is 6.10 Å². The van der Waals surface area contributed by atoms with Gasteiger partial charge in [0, 0.05) is 6.54 Å². The monoisotopic (exact) mass is 265 g/mol. The quantitative estimate of drug-likeness (QED) is 0.558. The first kappa shape index (κ1) is 14.5. The van der Waals surface area contributed by atoms with Crippen LogP contribution in [0.25, 0.3) is 0 Å². The normalized spacial score (nSPS) is 17.7. The third-order valence-electron chi connectivity index (χ3n) is 3.33. The maximum Gasteiger partial charge on any atom is 0.0933 e. The molecule has 106 valence electrons. The Morgan fingerprint density at radius 1 is 1.21 bits per heavy atom. The lowest BCUT2D eigenvalue weighted by Gasteiger charge is -2.15. The predicted molar refractivity (Wildman–Crippen MR) is 73.4 cm³/mol. The summed E-state index contributed by atoms with van der Waals surface area (Å²) in [5.74, 6) is 0. The van der Waals surface area contributed by atoms with Crippen LogP contribution in [0.2, 0.25) is 0 Å². The molecule has 4 heteroatoms. The second-order valence-corrected chi connectivity index (χ2v) is 5.02. The Morgan fingerprint density at radius 2 is 1.95 bits per heavy atom. The van der Waals surface area contributed by atoms with Crippen molar-refractivity contribution in [2.45, 2.75) is 44.5 Å². The number of nitrogens with one attached hydrogen (secondary N) is 1. The summed E-state index contributed by atoms with van der Waals surface area (Å²) in [6.45, 7) is 1.27. The first-order valence-corrected chi connectivity index (χ1v) is 7.03. The van der Waals surface area contributed by atoms with E-state index >= 15 is 0 Å². The molecule has 1 fully saturated rings. The summed E-state index contributed by atoms with van der Waals surface area (Å²) in [4.78, 5) is 5.30. The van der Waals surface area contributed by atoms with E-state index in [1.807, 2.05) is 30.3 Å². The van der Waals surface area contributed by atoms with Crippen LogP contribution in [0.1, 0.15) is 31.2 Å². The molecule has 1 aliphatic rings. The second kappa shape index (κ2) is 8.27. The number of hydrogen-bond donors (Lipinski definition) is 2. The highest BCUT2D eigenvalue weighted by Gasteiger charge is 2.16. The van der Waals surface area contributed by atoms with Gasteiger partial charge in [0.2, 0.25) is 0 Å². The molecule has 0 amide bonds. The Morgan fingerprint density at radius 3 is 2.68 bits per heavy atom. The third kappa shape index (κ3) is 5.70. The Balaban J connectivity index is 1.50. The van der Waals surface area contributed by atoms with E-state index in [0.29, 0.717) is 25.9 Å². The largest absolute Gasteiger partial charge is 0.389 e. The van der Waals surface area contributed by atoms with E-state index in [0.717, 1.165) is 18.4 Å². The standard InChI is InChI=1S/C15H23NO3/c17-14(12-18-15-8-4-5-9-15)10-16-19-11-13-6-2-1-3-7-13/h1-3,6-7,14-17H,4-5,8-12H2. The molecule has 0 aromatic heterocycles. The first-order valence-electron chi connectivity index (χ1n) is 7.03. The van der Waals surface area contributed by atoms with Gasteiger partial charge in [-0.1, -0.05) is 43.2 Å². The Kier molecular flexibility index (Phi) is 6.30. The summed E-state index contributed by atoms with van der Waals surface area (Å²) in [5, 5.41) is 9.74. The number of aliphatic hydroxyl groups is 1. The van der Waals surface area contributed by atoms with Gasteiger partial charge in [-0.3, -0.25) is 4.84 Å². The van der Waals surface area contributed by atoms with Crippen molar-refractivity contribution in [2.75, 3.05) is 13.2 Å². The summed E-state index contributed by atoms with van der Waals surface area (Å²) in [7, 11) is 0. The van der Waals surface area contributed by atoms with Gasteiger partial charge in [-0.05, 0) is 18.4 Å². The Labute approximate surface area is 114 Å². The highest BCUT2D eigenvalue weighted by Crippen LogP contribution is 2.20. The zero-order valence-corrected chi connectivity index (χ0v) is 11.3. The fourth-order valence-corrected chi connectivity index (χ4v) is 2.22. The van der Waals surface area contributed by atoms with Crippen LogP contribution in [0.15, 0.2) is 30.3 Å². The van der Waals surface area contributed by atoms with Gasteiger partial charge in [-0.25, -0.2) is 0 Å². The summed E-state index contributed by atoms with van der Waals surface area (Å²) < 4.78 is 5.63. The van der Waals surface area contributed by atoms with E-state index in [1.54, 1.807) is 0 Å². The number of ether oxygens (including phenoxy) is 1. The molecule has 19 heavy (non-hydrogen) atoms. The third-order valence-corrected chi connectivity index (χ3v) is 3.33. The van der Waals surface area contributed by atoms with Crippen molar-refractivity contribution >= 4 is 0 Å². The molecule has 1 aromatic rings. The van der Waals surface area contributed by atoms with Crippen molar-refractivity contribution in [3.05, 3.63) is 35.9 Å². The van der Waals surface area contributed by atoms with E-state index in [9.17, 15) is 5.11 Å². The van der Waals surface area contributed by atoms with Crippen LogP contribution < -0.4 is 5.48 Å². The van der Waals surface area contributed by atoms with E-state index in [1.165, 1.54) is 12.8 Å². The van der Waals surface area contributed by atoms with Crippen LogP contribution in [0.5, 0.6) is 0 Å². The van der Waals surface area contributed by atoms with Crippen LogP contribution in [-0.4, -0.2) is 30.5 Å². The topological polar surface area (TPSA) is 50.7 Å². The molecule has 2 rings (SSSR count). The predicted octanol–water partition coefficient (Wildman–Crippen LogP) is 2.03. The molecule has 4 nitrogen and oxygen atoms in total. The summed E-state index contributed by atoms with van der Waals surface area (Å²) in [6.07, 6.45) is 4.59. The van der Waals surface area contributed by atoms with Crippen molar-refractivity contribution in [3.8, 4) is 0 Å². The lowest BCUT2D eigenvalue weighted by Crippen LogP contribution is -2.31. The molecular weight excluding hydrogens is 242 g/mol. The molecule has 0 spiro atoms. The van der Waals surface area contributed by atoms with Crippen LogP contribution in [0.4, 0.5) is 0 Å². The van der Waals surface area contributed by atoms with Crippen LogP contribution in [0.3, 0.4) is 0 Å². The highest BCUT2D eigenvalue weighted by molar-refractivity contribution is 5.13. The molecule has 0 radical (unpaired) electrons. The first-order chi connectivity index (χ1) is 9.34. The van der Waals surface area contributed by atoms with Gasteiger partial charge < -0.3 is 9.84 Å². The summed E-state index contributed by atoms with van der Waals surface area (Å²) in [6, 6.07) is 9.93. The van der Waals surface area contributed by atoms with Gasteiger partial charge in [0.1, 0.15) is 0 Å². The smallest absolute Gasteiger partial charge is 0.0933 e. The van der Waals surface area contributed by atoms with Gasteiger partial charge >= 0.3 is 0 Å². The lowest BCUT2D eigenvalue weighted by atomic mass is 10.2. The van der Waals surface area contributed by atoms with Crippen molar-refractivity contribution in [2.24, 2.45) is 0 Å². The van der Waals surface area contributed by atoms with Gasteiger partial charge in [0.25, 0.3) is 0 Å². The molecule has 1 aromatic carbocycles. The van der Waals surface area contributed by atoms with Gasteiger partial charge in [0.05, 0.1) is 25.4 Å². The fourth-order valence-electron chi connectivity index (χ4n) is 2.22. The lowest BCUT2D eigenvalue weighted by molar-refractivity contribution is -0.0385. The van der Waals surface area contributed by atoms with Gasteiger partial charge in [0.15, 0.2) is 0 Å². The minimum absolute atomic E-state index is 0.347. The minimum Gasteiger partial charge on any atom is -0.389 e. The average Bonchev–Trinajstić information content (AvgIpc) is 2.96. The molecule has 1 saturated carbocycles. The van der Waals surface area contributed by atoms with Gasteiger partial charge in [-0.15, -0.1) is 0 Å². The van der Waals surface area contributed by atoms with Crippen molar-refractivity contribution in [3.63, 3.8) is 0 Å². The Bertz CT molecular complexity index is 339. The number of aliphatic hydroxyl groups excluding tert-OH is 1. The zero-order chi connectivity index (χ0) is 13.3. The average molecular weight is 265 g/mol. The van der Waals surface area contributed by atoms with E-state index in [2.05, 4.69) is 5.48 Å². The second-order valence-electron chi connectivity index (χ2n) is 5.02. The number of hydrogen-bond acceptors (Lipinski definition) is 4. The van der Waals surface area contributed by atoms with Crippen molar-refractivity contribution in [1.82, 2.24) is 5.48 Å². The van der Waals surface area contributed by atoms with E-state index in [-0.39, 0.29) is 0 Å². The molecule has 0 aliphatic heterocycles. The van der Waals surface area contributed by atoms with Crippen LogP contribution in [0, 0.1) is 0 Å². The molecule has 0 saturated heterocycles. The number of hydroxylamine groups is 1. The minimum atomic E-state index is -0.517. The number of benzene rings is 1. The van der Waals surface area contributed by atoms with Crippen molar-refractivity contribution < 1.29 is 14.7 Å². The SMILES string of the molecule is OC(CNOCc1ccccc1)COC1CCCC1. The van der Waals surface area contributed by atoms with E-state index in [4.69, 9.17) is 9.57 Å². The molecular formula is C15H23NO3. The molecule has 0 heterocycles. The number of rotatable bonds is 8. The molecule has 1 atom stereocenters. The molecule has 0 bridgehead atoms.